The Morgan fingerprint density at radius 3 is 2.38 bits per heavy atom. The molecule has 1 aromatic heterocycles. The Balaban J connectivity index is 2.05. The number of hydrogen-bond donors (Lipinski definition) is 1. The second-order valence-corrected chi connectivity index (χ2v) is 7.72. The predicted molar refractivity (Wildman–Crippen MR) is 92.1 cm³/mol. The molecule has 2 aromatic rings. The minimum atomic E-state index is -4.48. The fourth-order valence-corrected chi connectivity index (χ4v) is 4.35. The van der Waals surface area contributed by atoms with Gasteiger partial charge in [0, 0.05) is 31.1 Å². The summed E-state index contributed by atoms with van der Waals surface area (Å²) in [4.78, 5) is 3.10. The molecule has 0 spiro atoms. The van der Waals surface area contributed by atoms with E-state index in [9.17, 15) is 13.2 Å². The second kappa shape index (κ2) is 7.22. The van der Waals surface area contributed by atoms with Crippen molar-refractivity contribution in [1.29, 1.82) is 0 Å². The van der Waals surface area contributed by atoms with Crippen LogP contribution in [-0.4, -0.2) is 31.1 Å². The molecule has 0 saturated carbocycles. The maximum atomic E-state index is 13.2. The van der Waals surface area contributed by atoms with Crippen LogP contribution in [0.25, 0.3) is 0 Å². The molecule has 1 N–H and O–H groups in total. The zero-order valence-electron chi connectivity index (χ0n) is 12.5. The fourth-order valence-electron chi connectivity index (χ4n) is 2.90. The average Bonchev–Trinajstić information content (AvgIpc) is 2.95. The Hall–Kier alpha value is -0.790. The molecular weight excluding hydrogens is 380 g/mol. The highest BCUT2D eigenvalue weighted by molar-refractivity contribution is 7.16. The monoisotopic (exact) mass is 394 g/mol. The maximum absolute atomic E-state index is 13.2. The van der Waals surface area contributed by atoms with Crippen molar-refractivity contribution in [2.24, 2.45) is 0 Å². The number of nitrogens with one attached hydrogen (secondary N) is 1. The molecule has 1 saturated heterocycles. The molecule has 0 aliphatic carbocycles. The zero-order chi connectivity index (χ0) is 17.3. The van der Waals surface area contributed by atoms with Gasteiger partial charge in [0.1, 0.15) is 0 Å². The van der Waals surface area contributed by atoms with Gasteiger partial charge in [0.05, 0.1) is 21.0 Å². The van der Waals surface area contributed by atoms with Crippen molar-refractivity contribution < 1.29 is 13.2 Å². The highest BCUT2D eigenvalue weighted by Crippen LogP contribution is 2.40. The summed E-state index contributed by atoms with van der Waals surface area (Å²) in [6, 6.07) is 7.53. The van der Waals surface area contributed by atoms with Crippen molar-refractivity contribution in [3.8, 4) is 0 Å². The van der Waals surface area contributed by atoms with E-state index in [-0.39, 0.29) is 11.1 Å². The van der Waals surface area contributed by atoms with Gasteiger partial charge in [0.15, 0.2) is 0 Å². The number of rotatable bonds is 3. The average molecular weight is 395 g/mol. The van der Waals surface area contributed by atoms with E-state index in [0.29, 0.717) is 9.90 Å². The van der Waals surface area contributed by atoms with Crippen LogP contribution in [0.4, 0.5) is 13.2 Å². The number of halogens is 5. The molecule has 1 aliphatic rings. The molecule has 8 heteroatoms. The summed E-state index contributed by atoms with van der Waals surface area (Å²) >= 11 is 13.2. The summed E-state index contributed by atoms with van der Waals surface area (Å²) in [7, 11) is 0. The number of alkyl halides is 3. The molecule has 130 valence electrons. The molecule has 1 atom stereocenters. The van der Waals surface area contributed by atoms with Crippen molar-refractivity contribution >= 4 is 34.5 Å². The summed E-state index contributed by atoms with van der Waals surface area (Å²) in [5, 5.41) is 2.97. The minimum Gasteiger partial charge on any atom is -0.314 e. The Morgan fingerprint density at radius 1 is 1.08 bits per heavy atom. The maximum Gasteiger partial charge on any atom is 0.417 e. The molecule has 2 heterocycles. The van der Waals surface area contributed by atoms with Gasteiger partial charge in [-0.3, -0.25) is 4.90 Å². The van der Waals surface area contributed by atoms with Crippen molar-refractivity contribution in [3.05, 3.63) is 55.7 Å². The Morgan fingerprint density at radius 2 is 1.79 bits per heavy atom. The molecule has 2 nitrogen and oxygen atoms in total. The highest BCUT2D eigenvalue weighted by atomic mass is 35.5. The van der Waals surface area contributed by atoms with Crippen LogP contribution < -0.4 is 5.32 Å². The van der Waals surface area contributed by atoms with E-state index in [1.165, 1.54) is 17.4 Å². The van der Waals surface area contributed by atoms with E-state index in [1.54, 1.807) is 12.1 Å². The van der Waals surface area contributed by atoms with E-state index in [0.717, 1.165) is 37.1 Å². The Bertz CT molecular complexity index is 712. The minimum absolute atomic E-state index is 0.261. The molecule has 0 bridgehead atoms. The van der Waals surface area contributed by atoms with Gasteiger partial charge >= 0.3 is 6.18 Å². The van der Waals surface area contributed by atoms with Gasteiger partial charge in [0.2, 0.25) is 0 Å². The smallest absolute Gasteiger partial charge is 0.314 e. The number of hydrogen-bond acceptors (Lipinski definition) is 3. The van der Waals surface area contributed by atoms with Gasteiger partial charge in [0.25, 0.3) is 0 Å². The lowest BCUT2D eigenvalue weighted by atomic mass is 10.00. The zero-order valence-corrected chi connectivity index (χ0v) is 14.9. The lowest BCUT2D eigenvalue weighted by Crippen LogP contribution is -2.45. The van der Waals surface area contributed by atoms with Crippen LogP contribution in [0.5, 0.6) is 0 Å². The Labute approximate surface area is 152 Å². The summed E-state index contributed by atoms with van der Waals surface area (Å²) in [6.07, 6.45) is -4.48. The molecule has 0 radical (unpaired) electrons. The quantitative estimate of drug-likeness (QED) is 0.781. The second-order valence-electron chi connectivity index (χ2n) is 5.57. The van der Waals surface area contributed by atoms with Gasteiger partial charge in [-0.05, 0) is 29.8 Å². The summed E-state index contributed by atoms with van der Waals surface area (Å²) < 4.78 is 40.3. The first-order valence-electron chi connectivity index (χ1n) is 7.43. The van der Waals surface area contributed by atoms with Crippen LogP contribution in [0, 0.1) is 0 Å². The molecule has 3 rings (SSSR count). The number of benzene rings is 1. The van der Waals surface area contributed by atoms with Crippen LogP contribution in [0.1, 0.15) is 22.0 Å². The normalized spacial score (nSPS) is 17.9. The van der Waals surface area contributed by atoms with Crippen molar-refractivity contribution in [3.63, 3.8) is 0 Å². The Kier molecular flexibility index (Phi) is 5.42. The molecule has 1 aliphatic heterocycles. The molecular formula is C16H15Cl2F3N2S. The van der Waals surface area contributed by atoms with Gasteiger partial charge in [-0.1, -0.05) is 29.3 Å². The number of piperazine rings is 1. The van der Waals surface area contributed by atoms with Gasteiger partial charge in [-0.15, -0.1) is 11.3 Å². The first-order chi connectivity index (χ1) is 11.4. The van der Waals surface area contributed by atoms with Crippen LogP contribution in [0.3, 0.4) is 0 Å². The highest BCUT2D eigenvalue weighted by Gasteiger charge is 2.35. The predicted octanol–water partition coefficient (Wildman–Crippen LogP) is 5.07. The first-order valence-corrected chi connectivity index (χ1v) is 9.00. The lowest BCUT2D eigenvalue weighted by molar-refractivity contribution is -0.137. The number of nitrogens with zero attached hydrogens (tertiary/aromatic N) is 1. The standard InChI is InChI=1S/C16H15Cl2F3N2S/c17-12-2-1-10(9-11(12)16(19,20)21)15(13-3-4-14(18)24-13)23-7-5-22-6-8-23/h1-4,9,15,22H,5-8H2/t15-/m1/s1. The summed E-state index contributed by atoms with van der Waals surface area (Å²) in [5.74, 6) is 0. The van der Waals surface area contributed by atoms with E-state index in [1.807, 2.05) is 6.07 Å². The van der Waals surface area contributed by atoms with Crippen molar-refractivity contribution in [2.75, 3.05) is 26.2 Å². The molecule has 24 heavy (non-hydrogen) atoms. The summed E-state index contributed by atoms with van der Waals surface area (Å²) in [5.41, 5.74) is -0.225. The van der Waals surface area contributed by atoms with Gasteiger partial charge in [-0.2, -0.15) is 13.2 Å². The van der Waals surface area contributed by atoms with E-state index in [2.05, 4.69) is 10.2 Å². The molecule has 0 amide bonds. The largest absolute Gasteiger partial charge is 0.417 e. The third-order valence-electron chi connectivity index (χ3n) is 3.99. The topological polar surface area (TPSA) is 15.3 Å². The first kappa shape index (κ1) is 18.0. The molecule has 1 fully saturated rings. The van der Waals surface area contributed by atoms with E-state index < -0.39 is 11.7 Å². The van der Waals surface area contributed by atoms with Gasteiger partial charge < -0.3 is 5.32 Å². The van der Waals surface area contributed by atoms with Gasteiger partial charge in [-0.25, -0.2) is 0 Å². The lowest BCUT2D eigenvalue weighted by Gasteiger charge is -2.35. The molecule has 0 unspecified atom stereocenters. The van der Waals surface area contributed by atoms with Crippen LogP contribution in [0.2, 0.25) is 9.36 Å². The fraction of sp³-hybridized carbons (Fsp3) is 0.375. The summed E-state index contributed by atoms with van der Waals surface area (Å²) in [6.45, 7) is 3.11. The van der Waals surface area contributed by atoms with Crippen molar-refractivity contribution in [1.82, 2.24) is 10.2 Å². The third kappa shape index (κ3) is 3.89. The third-order valence-corrected chi connectivity index (χ3v) is 5.60. The van der Waals surface area contributed by atoms with E-state index >= 15 is 0 Å². The van der Waals surface area contributed by atoms with Crippen LogP contribution in [-0.2, 0) is 6.18 Å². The van der Waals surface area contributed by atoms with Crippen LogP contribution >= 0.6 is 34.5 Å². The molecule has 1 aromatic carbocycles. The van der Waals surface area contributed by atoms with E-state index in [4.69, 9.17) is 23.2 Å². The van der Waals surface area contributed by atoms with Crippen LogP contribution in [0.15, 0.2) is 30.3 Å². The van der Waals surface area contributed by atoms with Crippen molar-refractivity contribution in [2.45, 2.75) is 12.2 Å². The number of thiophene rings is 1. The SMILES string of the molecule is FC(F)(F)c1cc([C@H](c2ccc(Cl)s2)N2CCNCC2)ccc1Cl.